The van der Waals surface area contributed by atoms with E-state index in [-0.39, 0.29) is 5.91 Å². The van der Waals surface area contributed by atoms with E-state index < -0.39 is 0 Å². The van der Waals surface area contributed by atoms with Crippen molar-refractivity contribution in [3.63, 3.8) is 0 Å². The first-order chi connectivity index (χ1) is 15.7. The number of para-hydroxylation sites is 1. The van der Waals surface area contributed by atoms with E-state index in [1.54, 1.807) is 0 Å². The molecule has 2 aromatic carbocycles. The molecule has 0 saturated heterocycles. The second-order valence-corrected chi connectivity index (χ2v) is 8.15. The number of pyridine rings is 1. The lowest BCUT2D eigenvalue weighted by Crippen LogP contribution is -2.25. The normalized spacial score (nSPS) is 13.4. The average Bonchev–Trinajstić information content (AvgIpc) is 3.12. The molecule has 1 aliphatic rings. The van der Waals surface area contributed by atoms with Gasteiger partial charge in [-0.1, -0.05) is 43.3 Å². The second-order valence-electron chi connectivity index (χ2n) is 8.15. The summed E-state index contributed by atoms with van der Waals surface area (Å²) in [5.74, 6) is 0.888. The summed E-state index contributed by atoms with van der Waals surface area (Å²) in [4.78, 5) is 24.1. The van der Waals surface area contributed by atoms with Gasteiger partial charge in [0.15, 0.2) is 0 Å². The van der Waals surface area contributed by atoms with Crippen LogP contribution in [0, 0.1) is 0 Å². The number of carbonyl (C=O) groups excluding carboxylic acids is 1. The van der Waals surface area contributed by atoms with Gasteiger partial charge in [0, 0.05) is 50.1 Å². The van der Waals surface area contributed by atoms with Crippen molar-refractivity contribution in [2.45, 2.75) is 26.4 Å². The van der Waals surface area contributed by atoms with Crippen LogP contribution in [0.4, 0.5) is 0 Å². The van der Waals surface area contributed by atoms with Gasteiger partial charge < -0.3 is 9.88 Å². The average molecular weight is 426 g/mol. The Balaban J connectivity index is 1.35. The van der Waals surface area contributed by atoms with Crippen LogP contribution in [0.5, 0.6) is 0 Å². The van der Waals surface area contributed by atoms with Crippen molar-refractivity contribution in [3.8, 4) is 11.4 Å². The lowest BCUT2D eigenvalue weighted by molar-refractivity contribution is 0.0956. The summed E-state index contributed by atoms with van der Waals surface area (Å²) in [5.41, 5.74) is 5.97. The standard InChI is InChI=1S/C26H27N5O/c1-2-30(16-13-21-6-3-4-14-27-21)18-19-9-11-20(12-10-19)25-29-23-8-5-7-22-24(23)31(25)17-15-28-26(22)32/h3-12,14H,2,13,15-18H2,1H3,(H,28,32). The third kappa shape index (κ3) is 4.01. The third-order valence-corrected chi connectivity index (χ3v) is 6.11. The molecule has 0 bridgehead atoms. The molecule has 32 heavy (non-hydrogen) atoms. The van der Waals surface area contributed by atoms with Gasteiger partial charge in [-0.25, -0.2) is 4.98 Å². The maximum Gasteiger partial charge on any atom is 0.253 e. The monoisotopic (exact) mass is 425 g/mol. The fourth-order valence-corrected chi connectivity index (χ4v) is 4.37. The minimum Gasteiger partial charge on any atom is -0.350 e. The molecule has 1 N–H and O–H groups in total. The fourth-order valence-electron chi connectivity index (χ4n) is 4.37. The largest absolute Gasteiger partial charge is 0.350 e. The molecular weight excluding hydrogens is 398 g/mol. The van der Waals surface area contributed by atoms with Crippen molar-refractivity contribution >= 4 is 16.9 Å². The summed E-state index contributed by atoms with van der Waals surface area (Å²) in [6, 6.07) is 20.5. The number of aromatic nitrogens is 3. The quantitative estimate of drug-likeness (QED) is 0.488. The number of hydrogen-bond donors (Lipinski definition) is 1. The molecule has 0 aliphatic carbocycles. The molecule has 0 radical (unpaired) electrons. The minimum atomic E-state index is -0.0264. The molecule has 0 saturated carbocycles. The predicted octanol–water partition coefficient (Wildman–Crippen LogP) is 3.91. The van der Waals surface area contributed by atoms with E-state index in [2.05, 4.69) is 57.0 Å². The number of amides is 1. The lowest BCUT2D eigenvalue weighted by atomic mass is 10.1. The summed E-state index contributed by atoms with van der Waals surface area (Å²) in [7, 11) is 0. The van der Waals surface area contributed by atoms with Gasteiger partial charge in [-0.15, -0.1) is 0 Å². The highest BCUT2D eigenvalue weighted by Crippen LogP contribution is 2.28. The van der Waals surface area contributed by atoms with Gasteiger partial charge in [-0.3, -0.25) is 14.7 Å². The molecule has 6 heteroatoms. The first-order valence-electron chi connectivity index (χ1n) is 11.2. The summed E-state index contributed by atoms with van der Waals surface area (Å²) in [6.45, 7) is 6.40. The van der Waals surface area contributed by atoms with Crippen LogP contribution in [0.15, 0.2) is 66.9 Å². The van der Waals surface area contributed by atoms with E-state index in [9.17, 15) is 4.79 Å². The zero-order valence-electron chi connectivity index (χ0n) is 18.3. The molecule has 0 spiro atoms. The van der Waals surface area contributed by atoms with Gasteiger partial charge in [0.1, 0.15) is 5.82 Å². The highest BCUT2D eigenvalue weighted by Gasteiger charge is 2.21. The number of imidazole rings is 1. The summed E-state index contributed by atoms with van der Waals surface area (Å²) in [5, 5.41) is 2.98. The molecule has 5 rings (SSSR count). The van der Waals surface area contributed by atoms with Crippen LogP contribution in [-0.4, -0.2) is 45.0 Å². The topological polar surface area (TPSA) is 63.1 Å². The van der Waals surface area contributed by atoms with Crippen LogP contribution in [0.25, 0.3) is 22.4 Å². The molecule has 4 aromatic rings. The van der Waals surface area contributed by atoms with Crippen molar-refractivity contribution in [1.29, 1.82) is 0 Å². The number of hydrogen-bond acceptors (Lipinski definition) is 4. The summed E-state index contributed by atoms with van der Waals surface area (Å²) < 4.78 is 2.17. The first kappa shape index (κ1) is 20.4. The van der Waals surface area contributed by atoms with Gasteiger partial charge in [0.2, 0.25) is 0 Å². The van der Waals surface area contributed by atoms with Gasteiger partial charge >= 0.3 is 0 Å². The predicted molar refractivity (Wildman–Crippen MR) is 126 cm³/mol. The maximum atomic E-state index is 12.4. The van der Waals surface area contributed by atoms with Crippen molar-refractivity contribution in [2.75, 3.05) is 19.6 Å². The van der Waals surface area contributed by atoms with Crippen LogP contribution in [0.1, 0.15) is 28.5 Å². The number of likely N-dealkylation sites (N-methyl/N-ethyl adjacent to an activating group) is 1. The molecule has 0 atom stereocenters. The van der Waals surface area contributed by atoms with Crippen molar-refractivity contribution in [1.82, 2.24) is 24.8 Å². The van der Waals surface area contributed by atoms with E-state index in [1.165, 1.54) is 5.56 Å². The zero-order valence-corrected chi connectivity index (χ0v) is 18.3. The van der Waals surface area contributed by atoms with E-state index in [0.717, 1.165) is 54.2 Å². The van der Waals surface area contributed by atoms with Gasteiger partial charge in [0.25, 0.3) is 5.91 Å². The Kier molecular flexibility index (Phi) is 5.69. The van der Waals surface area contributed by atoms with Crippen molar-refractivity contribution < 1.29 is 4.79 Å². The van der Waals surface area contributed by atoms with E-state index in [1.807, 2.05) is 36.5 Å². The van der Waals surface area contributed by atoms with Crippen LogP contribution in [0.2, 0.25) is 0 Å². The third-order valence-electron chi connectivity index (χ3n) is 6.11. The smallest absolute Gasteiger partial charge is 0.253 e. The van der Waals surface area contributed by atoms with Crippen LogP contribution < -0.4 is 5.32 Å². The number of carbonyl (C=O) groups is 1. The number of benzene rings is 2. The van der Waals surface area contributed by atoms with Crippen molar-refractivity contribution in [2.24, 2.45) is 0 Å². The van der Waals surface area contributed by atoms with Gasteiger partial charge in [0.05, 0.1) is 16.6 Å². The Morgan fingerprint density at radius 3 is 2.72 bits per heavy atom. The van der Waals surface area contributed by atoms with Crippen LogP contribution >= 0.6 is 0 Å². The highest BCUT2D eigenvalue weighted by molar-refractivity contribution is 6.06. The molecule has 6 nitrogen and oxygen atoms in total. The molecule has 1 aliphatic heterocycles. The Labute approximate surface area is 187 Å². The molecule has 162 valence electrons. The molecule has 0 fully saturated rings. The van der Waals surface area contributed by atoms with Crippen LogP contribution in [0.3, 0.4) is 0 Å². The Hall–Kier alpha value is -3.51. The molecule has 2 aromatic heterocycles. The van der Waals surface area contributed by atoms with Gasteiger partial charge in [-0.2, -0.15) is 0 Å². The molecule has 3 heterocycles. The summed E-state index contributed by atoms with van der Waals surface area (Å²) >= 11 is 0. The van der Waals surface area contributed by atoms with Gasteiger partial charge in [-0.05, 0) is 36.4 Å². The highest BCUT2D eigenvalue weighted by atomic mass is 16.1. The van der Waals surface area contributed by atoms with E-state index >= 15 is 0 Å². The zero-order chi connectivity index (χ0) is 21.9. The van der Waals surface area contributed by atoms with E-state index in [0.29, 0.717) is 18.7 Å². The Bertz CT molecular complexity index is 1230. The number of nitrogens with zero attached hydrogens (tertiary/aromatic N) is 4. The Morgan fingerprint density at radius 2 is 1.94 bits per heavy atom. The Morgan fingerprint density at radius 1 is 1.06 bits per heavy atom. The SMILES string of the molecule is CCN(CCc1ccccn1)Cc1ccc(-c2nc3cccc4c3n2CCNC4=O)cc1. The minimum absolute atomic E-state index is 0.0264. The first-order valence-corrected chi connectivity index (χ1v) is 11.2. The van der Waals surface area contributed by atoms with Crippen LogP contribution in [-0.2, 0) is 19.5 Å². The second kappa shape index (κ2) is 8.93. The maximum absolute atomic E-state index is 12.4. The number of rotatable bonds is 7. The fraction of sp³-hybridized carbons (Fsp3) is 0.269. The summed E-state index contributed by atoms with van der Waals surface area (Å²) in [6.07, 6.45) is 2.81. The number of nitrogens with one attached hydrogen (secondary N) is 1. The van der Waals surface area contributed by atoms with Crippen molar-refractivity contribution in [3.05, 3.63) is 83.7 Å². The molecule has 1 amide bonds. The molecule has 0 unspecified atom stereocenters. The van der Waals surface area contributed by atoms with E-state index in [4.69, 9.17) is 4.98 Å². The molecular formula is C26H27N5O. The lowest BCUT2D eigenvalue weighted by Gasteiger charge is -2.20.